The van der Waals surface area contributed by atoms with Crippen molar-refractivity contribution in [1.82, 2.24) is 9.55 Å². The fraction of sp³-hybridized carbons (Fsp3) is 0.792. The van der Waals surface area contributed by atoms with Crippen LogP contribution in [0, 0.1) is 6.92 Å². The number of esters is 1. The third kappa shape index (κ3) is 9.66. The van der Waals surface area contributed by atoms with E-state index < -0.39 is 29.7 Å². The Morgan fingerprint density at radius 1 is 1.15 bits per heavy atom. The van der Waals surface area contributed by atoms with Crippen LogP contribution in [0.5, 0.6) is 0 Å². The van der Waals surface area contributed by atoms with Crippen LogP contribution in [0.2, 0.25) is 0 Å². The van der Waals surface area contributed by atoms with E-state index in [1.165, 1.54) is 60.8 Å². The molecule has 33 heavy (non-hydrogen) atoms. The third-order valence-corrected chi connectivity index (χ3v) is 6.96. The van der Waals surface area contributed by atoms with E-state index in [0.29, 0.717) is 12.0 Å². The zero-order valence-electron chi connectivity index (χ0n) is 20.1. The maximum absolute atomic E-state index is 12.3. The molecule has 8 nitrogen and oxygen atoms in total. The number of H-pyrrole nitrogens is 1. The SMILES string of the molecule is CCSCCCCCCCCCCCC(=O)O[C@H]1C[C@H](n2cc(C)c(=O)[nH]c2=O)O[C@@H]1CO. The molecular formula is C24H40N2O6S. The highest BCUT2D eigenvalue weighted by Gasteiger charge is 2.38. The number of aliphatic hydroxyl groups excluding tert-OH is 1. The standard InChI is InChI=1S/C24H40N2O6S/c1-3-33-14-12-10-8-6-4-5-7-9-11-13-22(28)32-19-15-21(31-20(19)17-27)26-16-18(2)23(29)25-24(26)30/h16,19-21,27H,3-15,17H2,1-2H3,(H,25,29,30)/t19-,20+,21+/m0/s1. The lowest BCUT2D eigenvalue weighted by Gasteiger charge is -2.16. The molecule has 0 bridgehead atoms. The monoisotopic (exact) mass is 484 g/mol. The minimum atomic E-state index is -0.701. The number of hydrogen-bond acceptors (Lipinski definition) is 7. The zero-order valence-corrected chi connectivity index (χ0v) is 20.9. The summed E-state index contributed by atoms with van der Waals surface area (Å²) in [7, 11) is 0. The first-order valence-electron chi connectivity index (χ1n) is 12.3. The second-order valence-corrected chi connectivity index (χ2v) is 10.1. The van der Waals surface area contributed by atoms with E-state index in [1.807, 2.05) is 11.8 Å². The fourth-order valence-corrected chi connectivity index (χ4v) is 4.74. The van der Waals surface area contributed by atoms with E-state index in [9.17, 15) is 19.5 Å². The molecule has 0 amide bonds. The number of nitrogens with zero attached hydrogens (tertiary/aromatic N) is 1. The highest BCUT2D eigenvalue weighted by molar-refractivity contribution is 7.99. The van der Waals surface area contributed by atoms with Crippen LogP contribution >= 0.6 is 11.8 Å². The summed E-state index contributed by atoms with van der Waals surface area (Å²) in [5.41, 5.74) is -0.655. The number of carbonyl (C=O) groups is 1. The number of hydrogen-bond donors (Lipinski definition) is 2. The number of rotatable bonds is 16. The van der Waals surface area contributed by atoms with Crippen LogP contribution < -0.4 is 11.2 Å². The third-order valence-electron chi connectivity index (χ3n) is 5.97. The first-order valence-corrected chi connectivity index (χ1v) is 13.5. The van der Waals surface area contributed by atoms with Crippen LogP contribution in [-0.2, 0) is 14.3 Å². The number of aromatic amines is 1. The average Bonchev–Trinajstić information content (AvgIpc) is 3.19. The van der Waals surface area contributed by atoms with E-state index >= 15 is 0 Å². The van der Waals surface area contributed by atoms with Gasteiger partial charge in [-0.05, 0) is 31.3 Å². The summed E-state index contributed by atoms with van der Waals surface area (Å²) in [5.74, 6) is 2.19. The van der Waals surface area contributed by atoms with Gasteiger partial charge >= 0.3 is 11.7 Å². The molecule has 188 valence electrons. The molecule has 0 saturated carbocycles. The van der Waals surface area contributed by atoms with Gasteiger partial charge in [-0.25, -0.2) is 4.79 Å². The normalized spacial score (nSPS) is 20.3. The van der Waals surface area contributed by atoms with Crippen molar-refractivity contribution in [2.75, 3.05) is 18.1 Å². The summed E-state index contributed by atoms with van der Waals surface area (Å²) in [5, 5.41) is 9.61. The van der Waals surface area contributed by atoms with Crippen molar-refractivity contribution < 1.29 is 19.4 Å². The van der Waals surface area contributed by atoms with Crippen molar-refractivity contribution in [1.29, 1.82) is 0 Å². The Labute approximate surface area is 200 Å². The van der Waals surface area contributed by atoms with Crippen molar-refractivity contribution in [3.63, 3.8) is 0 Å². The van der Waals surface area contributed by atoms with Gasteiger partial charge in [-0.2, -0.15) is 11.8 Å². The van der Waals surface area contributed by atoms with E-state index in [4.69, 9.17) is 9.47 Å². The largest absolute Gasteiger partial charge is 0.459 e. The predicted octanol–water partition coefficient (Wildman–Crippen LogP) is 3.69. The second-order valence-electron chi connectivity index (χ2n) is 8.68. The van der Waals surface area contributed by atoms with Crippen molar-refractivity contribution >= 4 is 17.7 Å². The number of aromatic nitrogens is 2. The van der Waals surface area contributed by atoms with Gasteiger partial charge in [-0.1, -0.05) is 51.9 Å². The summed E-state index contributed by atoms with van der Waals surface area (Å²) in [6, 6.07) is 0. The van der Waals surface area contributed by atoms with Crippen LogP contribution in [0.4, 0.5) is 0 Å². The number of aliphatic hydroxyl groups is 1. The van der Waals surface area contributed by atoms with Gasteiger partial charge in [0.2, 0.25) is 0 Å². The number of nitrogens with one attached hydrogen (secondary N) is 1. The lowest BCUT2D eigenvalue weighted by molar-refractivity contribution is -0.153. The second kappa shape index (κ2) is 15.3. The quantitative estimate of drug-likeness (QED) is 0.272. The molecule has 1 aliphatic heterocycles. The van der Waals surface area contributed by atoms with Gasteiger partial charge < -0.3 is 14.6 Å². The predicted molar refractivity (Wildman–Crippen MR) is 131 cm³/mol. The van der Waals surface area contributed by atoms with E-state index in [-0.39, 0.29) is 19.0 Å². The number of unbranched alkanes of at least 4 members (excludes halogenated alkanes) is 8. The average molecular weight is 485 g/mol. The highest BCUT2D eigenvalue weighted by atomic mass is 32.2. The van der Waals surface area contributed by atoms with Gasteiger partial charge in [0, 0.05) is 24.6 Å². The van der Waals surface area contributed by atoms with Crippen LogP contribution in [0.3, 0.4) is 0 Å². The van der Waals surface area contributed by atoms with E-state index in [0.717, 1.165) is 19.3 Å². The minimum absolute atomic E-state index is 0.249. The zero-order chi connectivity index (χ0) is 24.1. The Kier molecular flexibility index (Phi) is 12.9. The summed E-state index contributed by atoms with van der Waals surface area (Å²) < 4.78 is 12.5. The Morgan fingerprint density at radius 3 is 2.42 bits per heavy atom. The minimum Gasteiger partial charge on any atom is -0.459 e. The highest BCUT2D eigenvalue weighted by Crippen LogP contribution is 2.30. The molecular weight excluding hydrogens is 444 g/mol. The maximum Gasteiger partial charge on any atom is 0.330 e. The first-order chi connectivity index (χ1) is 16.0. The van der Waals surface area contributed by atoms with Gasteiger partial charge in [0.25, 0.3) is 5.56 Å². The van der Waals surface area contributed by atoms with Crippen LogP contribution in [0.25, 0.3) is 0 Å². The first kappa shape index (κ1) is 27.7. The summed E-state index contributed by atoms with van der Waals surface area (Å²) in [6.07, 6.45) is 10.6. The summed E-state index contributed by atoms with van der Waals surface area (Å²) >= 11 is 2.02. The van der Waals surface area contributed by atoms with Crippen molar-refractivity contribution in [3.05, 3.63) is 32.6 Å². The Morgan fingerprint density at radius 2 is 1.79 bits per heavy atom. The molecule has 0 aliphatic carbocycles. The molecule has 1 aromatic rings. The molecule has 0 radical (unpaired) electrons. The Bertz CT molecular complexity index is 824. The molecule has 0 aromatic carbocycles. The Hall–Kier alpha value is -1.58. The Balaban J connectivity index is 1.62. The van der Waals surface area contributed by atoms with Crippen LogP contribution in [0.1, 0.15) is 89.3 Å². The summed E-state index contributed by atoms with van der Waals surface area (Å²) in [4.78, 5) is 38.2. The van der Waals surface area contributed by atoms with Gasteiger partial charge in [-0.3, -0.25) is 19.1 Å². The van der Waals surface area contributed by atoms with Crippen molar-refractivity contribution in [3.8, 4) is 0 Å². The van der Waals surface area contributed by atoms with Crippen LogP contribution in [0.15, 0.2) is 15.8 Å². The van der Waals surface area contributed by atoms with Crippen LogP contribution in [-0.4, -0.2) is 50.9 Å². The molecule has 9 heteroatoms. The molecule has 2 rings (SSSR count). The molecule has 0 spiro atoms. The molecule has 2 N–H and O–H groups in total. The molecule has 2 heterocycles. The fourth-order valence-electron chi connectivity index (χ4n) is 4.04. The maximum atomic E-state index is 12.3. The van der Waals surface area contributed by atoms with Crippen molar-refractivity contribution in [2.45, 2.75) is 103 Å². The molecule has 1 aliphatic rings. The molecule has 1 saturated heterocycles. The molecule has 3 atom stereocenters. The number of carbonyl (C=O) groups excluding carboxylic acids is 1. The number of thioether (sulfide) groups is 1. The molecule has 1 aromatic heterocycles. The van der Waals surface area contributed by atoms with Gasteiger partial charge in [-0.15, -0.1) is 0 Å². The van der Waals surface area contributed by atoms with Gasteiger partial charge in [0.05, 0.1) is 6.61 Å². The lowest BCUT2D eigenvalue weighted by Crippen LogP contribution is -2.33. The molecule has 1 fully saturated rings. The van der Waals surface area contributed by atoms with Gasteiger partial charge in [0.15, 0.2) is 0 Å². The number of ether oxygens (including phenoxy) is 2. The van der Waals surface area contributed by atoms with Gasteiger partial charge in [0.1, 0.15) is 18.4 Å². The smallest absolute Gasteiger partial charge is 0.330 e. The molecule has 0 unspecified atom stereocenters. The van der Waals surface area contributed by atoms with E-state index in [1.54, 1.807) is 6.92 Å². The summed E-state index contributed by atoms with van der Waals surface area (Å²) in [6.45, 7) is 3.48. The lowest BCUT2D eigenvalue weighted by atomic mass is 10.1. The van der Waals surface area contributed by atoms with Crippen molar-refractivity contribution in [2.24, 2.45) is 0 Å². The number of aryl methyl sites for hydroxylation is 1. The topological polar surface area (TPSA) is 111 Å². The van der Waals surface area contributed by atoms with E-state index in [2.05, 4.69) is 11.9 Å².